The Morgan fingerprint density at radius 1 is 1.27 bits per heavy atom. The van der Waals surface area contributed by atoms with Crippen molar-refractivity contribution in [3.63, 3.8) is 0 Å². The predicted octanol–water partition coefficient (Wildman–Crippen LogP) is 4.07. The SMILES string of the molecule is FC1(F)CCN(CCOc2ccc(Br)c(OC(F)(F)F)c2)C1. The average molecular weight is 390 g/mol. The zero-order valence-corrected chi connectivity index (χ0v) is 12.9. The molecule has 0 bridgehead atoms. The van der Waals surface area contributed by atoms with Crippen molar-refractivity contribution in [1.82, 2.24) is 4.90 Å². The van der Waals surface area contributed by atoms with Gasteiger partial charge in [-0.15, -0.1) is 13.2 Å². The van der Waals surface area contributed by atoms with E-state index < -0.39 is 18.0 Å². The van der Waals surface area contributed by atoms with E-state index in [1.807, 2.05) is 0 Å². The number of likely N-dealkylation sites (tertiary alicyclic amines) is 1. The molecule has 0 aromatic heterocycles. The molecule has 9 heteroatoms. The van der Waals surface area contributed by atoms with Crippen LogP contribution in [0.15, 0.2) is 22.7 Å². The lowest BCUT2D eigenvalue weighted by atomic mass is 10.3. The van der Waals surface area contributed by atoms with Gasteiger partial charge >= 0.3 is 6.36 Å². The molecule has 1 saturated heterocycles. The van der Waals surface area contributed by atoms with Crippen LogP contribution < -0.4 is 9.47 Å². The third-order valence-electron chi connectivity index (χ3n) is 3.05. The molecule has 1 aliphatic heterocycles. The molecule has 1 aromatic carbocycles. The largest absolute Gasteiger partial charge is 0.573 e. The lowest BCUT2D eigenvalue weighted by Gasteiger charge is -2.16. The van der Waals surface area contributed by atoms with Crippen LogP contribution >= 0.6 is 15.9 Å². The zero-order chi connectivity index (χ0) is 16.4. The minimum atomic E-state index is -4.80. The predicted molar refractivity (Wildman–Crippen MR) is 72.3 cm³/mol. The van der Waals surface area contributed by atoms with E-state index in [0.717, 1.165) is 6.07 Å². The number of nitrogens with zero attached hydrogens (tertiary/aromatic N) is 1. The van der Waals surface area contributed by atoms with Crippen LogP contribution in [0.5, 0.6) is 11.5 Å². The van der Waals surface area contributed by atoms with E-state index in [-0.39, 0.29) is 42.9 Å². The van der Waals surface area contributed by atoms with E-state index in [0.29, 0.717) is 0 Å². The van der Waals surface area contributed by atoms with Gasteiger partial charge < -0.3 is 9.47 Å². The van der Waals surface area contributed by atoms with E-state index >= 15 is 0 Å². The lowest BCUT2D eigenvalue weighted by molar-refractivity contribution is -0.274. The minimum absolute atomic E-state index is 0.100. The fourth-order valence-corrected chi connectivity index (χ4v) is 2.39. The van der Waals surface area contributed by atoms with Gasteiger partial charge in [-0.3, -0.25) is 4.90 Å². The minimum Gasteiger partial charge on any atom is -0.492 e. The summed E-state index contributed by atoms with van der Waals surface area (Å²) in [5.74, 6) is -2.92. The van der Waals surface area contributed by atoms with Crippen molar-refractivity contribution < 1.29 is 31.4 Å². The van der Waals surface area contributed by atoms with Crippen LogP contribution in [-0.2, 0) is 0 Å². The number of rotatable bonds is 5. The second-order valence-electron chi connectivity index (χ2n) is 4.87. The zero-order valence-electron chi connectivity index (χ0n) is 11.3. The van der Waals surface area contributed by atoms with Crippen LogP contribution in [0.2, 0.25) is 0 Å². The van der Waals surface area contributed by atoms with Crippen molar-refractivity contribution in [2.75, 3.05) is 26.2 Å². The molecule has 2 rings (SSSR count). The Bertz CT molecular complexity index is 524. The molecule has 0 N–H and O–H groups in total. The summed E-state index contributed by atoms with van der Waals surface area (Å²) in [6, 6.07) is 3.92. The van der Waals surface area contributed by atoms with Gasteiger partial charge in [0.05, 0.1) is 11.0 Å². The van der Waals surface area contributed by atoms with E-state index in [2.05, 4.69) is 20.7 Å². The van der Waals surface area contributed by atoms with Gasteiger partial charge in [0.25, 0.3) is 5.92 Å². The van der Waals surface area contributed by atoms with Gasteiger partial charge in [-0.25, -0.2) is 8.78 Å². The Morgan fingerprint density at radius 3 is 2.59 bits per heavy atom. The monoisotopic (exact) mass is 389 g/mol. The van der Waals surface area contributed by atoms with Crippen molar-refractivity contribution in [1.29, 1.82) is 0 Å². The third-order valence-corrected chi connectivity index (χ3v) is 3.71. The Hall–Kier alpha value is -1.09. The Morgan fingerprint density at radius 2 is 2.00 bits per heavy atom. The Balaban J connectivity index is 1.87. The van der Waals surface area contributed by atoms with Gasteiger partial charge in [0.2, 0.25) is 0 Å². The number of benzene rings is 1. The molecule has 3 nitrogen and oxygen atoms in total. The molecule has 0 unspecified atom stereocenters. The molecular formula is C13H13BrF5NO2. The highest BCUT2D eigenvalue weighted by molar-refractivity contribution is 9.10. The van der Waals surface area contributed by atoms with E-state index in [1.165, 1.54) is 12.1 Å². The topological polar surface area (TPSA) is 21.7 Å². The fraction of sp³-hybridized carbons (Fsp3) is 0.538. The molecule has 1 fully saturated rings. The molecule has 0 aliphatic carbocycles. The average Bonchev–Trinajstić information content (AvgIpc) is 2.71. The maximum Gasteiger partial charge on any atom is 0.573 e. The molecule has 0 atom stereocenters. The highest BCUT2D eigenvalue weighted by atomic mass is 79.9. The lowest BCUT2D eigenvalue weighted by Crippen LogP contribution is -2.29. The summed E-state index contributed by atoms with van der Waals surface area (Å²) >= 11 is 2.95. The first-order valence-electron chi connectivity index (χ1n) is 6.43. The quantitative estimate of drug-likeness (QED) is 0.708. The van der Waals surface area contributed by atoms with E-state index in [1.54, 1.807) is 4.90 Å². The maximum atomic E-state index is 13.0. The van der Waals surface area contributed by atoms with Gasteiger partial charge in [-0.2, -0.15) is 0 Å². The molecule has 0 spiro atoms. The highest BCUT2D eigenvalue weighted by Gasteiger charge is 2.37. The second kappa shape index (κ2) is 6.57. The first-order chi connectivity index (χ1) is 10.1. The highest BCUT2D eigenvalue weighted by Crippen LogP contribution is 2.33. The van der Waals surface area contributed by atoms with E-state index in [4.69, 9.17) is 4.74 Å². The Kier molecular flexibility index (Phi) is 5.16. The second-order valence-corrected chi connectivity index (χ2v) is 5.72. The molecule has 0 radical (unpaired) electrons. The molecule has 124 valence electrons. The summed E-state index contributed by atoms with van der Waals surface area (Å²) in [5, 5.41) is 0. The smallest absolute Gasteiger partial charge is 0.492 e. The van der Waals surface area contributed by atoms with Crippen LogP contribution in [0.25, 0.3) is 0 Å². The van der Waals surface area contributed by atoms with E-state index in [9.17, 15) is 22.0 Å². The summed E-state index contributed by atoms with van der Waals surface area (Å²) in [5.41, 5.74) is 0. The molecule has 0 saturated carbocycles. The molecule has 1 heterocycles. The van der Waals surface area contributed by atoms with Crippen molar-refractivity contribution in [2.45, 2.75) is 18.7 Å². The fourth-order valence-electron chi connectivity index (χ4n) is 2.07. The van der Waals surface area contributed by atoms with Crippen molar-refractivity contribution in [3.8, 4) is 11.5 Å². The summed E-state index contributed by atoms with van der Waals surface area (Å²) in [7, 11) is 0. The summed E-state index contributed by atoms with van der Waals surface area (Å²) in [4.78, 5) is 1.55. The first kappa shape index (κ1) is 17.3. The van der Waals surface area contributed by atoms with Gasteiger partial charge in [-0.1, -0.05) is 0 Å². The van der Waals surface area contributed by atoms with Crippen LogP contribution in [-0.4, -0.2) is 43.4 Å². The van der Waals surface area contributed by atoms with Crippen molar-refractivity contribution in [3.05, 3.63) is 22.7 Å². The number of ether oxygens (including phenoxy) is 2. The van der Waals surface area contributed by atoms with Crippen LogP contribution in [0.1, 0.15) is 6.42 Å². The van der Waals surface area contributed by atoms with Gasteiger partial charge in [-0.05, 0) is 28.1 Å². The standard InChI is InChI=1S/C13H13BrF5NO2/c14-10-2-1-9(7-11(10)22-13(17,18)19)21-6-5-20-4-3-12(15,16)8-20/h1-2,7H,3-6,8H2. The third kappa shape index (κ3) is 5.28. The number of hydrogen-bond donors (Lipinski definition) is 0. The number of hydrogen-bond acceptors (Lipinski definition) is 3. The Labute approximate surface area is 132 Å². The van der Waals surface area contributed by atoms with Crippen LogP contribution in [0.4, 0.5) is 22.0 Å². The molecule has 0 amide bonds. The van der Waals surface area contributed by atoms with Crippen molar-refractivity contribution in [2.24, 2.45) is 0 Å². The van der Waals surface area contributed by atoms with Crippen molar-refractivity contribution >= 4 is 15.9 Å². The summed E-state index contributed by atoms with van der Waals surface area (Å²) in [6.45, 7) is 0.336. The normalized spacial score (nSPS) is 18.5. The van der Waals surface area contributed by atoms with Crippen LogP contribution in [0, 0.1) is 0 Å². The summed E-state index contributed by atoms with van der Waals surface area (Å²) in [6.07, 6.45) is -4.99. The molecular weight excluding hydrogens is 377 g/mol. The molecule has 1 aromatic rings. The van der Waals surface area contributed by atoms with Gasteiger partial charge in [0, 0.05) is 25.6 Å². The molecule has 1 aliphatic rings. The first-order valence-corrected chi connectivity index (χ1v) is 7.22. The number of halogens is 6. The maximum absolute atomic E-state index is 13.0. The van der Waals surface area contributed by atoms with Crippen LogP contribution in [0.3, 0.4) is 0 Å². The number of alkyl halides is 5. The summed E-state index contributed by atoms with van der Waals surface area (Å²) < 4.78 is 71.9. The van der Waals surface area contributed by atoms with Gasteiger partial charge in [0.15, 0.2) is 0 Å². The molecule has 22 heavy (non-hydrogen) atoms. The van der Waals surface area contributed by atoms with Gasteiger partial charge in [0.1, 0.15) is 18.1 Å².